The van der Waals surface area contributed by atoms with Crippen molar-refractivity contribution in [2.45, 2.75) is 71.1 Å². The molecule has 2 fully saturated rings. The molecule has 0 aliphatic heterocycles. The van der Waals surface area contributed by atoms with Crippen molar-refractivity contribution in [3.8, 4) is 5.88 Å². The fraction of sp³-hybridized carbons (Fsp3) is 0.625. The first kappa shape index (κ1) is 26.1. The van der Waals surface area contributed by atoms with Crippen molar-refractivity contribution >= 4 is 29.3 Å². The minimum Gasteiger partial charge on any atom is -0.480 e. The predicted octanol–water partition coefficient (Wildman–Crippen LogP) is 4.35. The number of halogens is 2. The van der Waals surface area contributed by atoms with Crippen molar-refractivity contribution in [2.24, 2.45) is 17.8 Å². The molecule has 2 amide bonds. The summed E-state index contributed by atoms with van der Waals surface area (Å²) >= 11 is 5.98. The fourth-order valence-electron chi connectivity index (χ4n) is 4.50. The molecule has 196 valence electrons. The number of nitrogens with one attached hydrogen (secondary N) is 2. The normalized spacial score (nSPS) is 17.4. The smallest absolute Gasteiger partial charge is 0.408 e. The molecule has 2 N–H and O–H groups in total. The quantitative estimate of drug-likeness (QED) is 0.502. The molecule has 0 saturated heterocycles. The molecule has 0 aromatic carbocycles. The first-order valence-electron chi connectivity index (χ1n) is 12.1. The number of carbonyl (C=O) groups is 2. The van der Waals surface area contributed by atoms with E-state index in [0.717, 1.165) is 25.7 Å². The van der Waals surface area contributed by atoms with Gasteiger partial charge in [-0.3, -0.25) is 9.48 Å². The van der Waals surface area contributed by atoms with Crippen LogP contribution in [0.25, 0.3) is 0 Å². The van der Waals surface area contributed by atoms with Crippen molar-refractivity contribution in [1.29, 1.82) is 0 Å². The van der Waals surface area contributed by atoms with Crippen LogP contribution in [0.1, 0.15) is 65.0 Å². The van der Waals surface area contributed by atoms with Crippen molar-refractivity contribution in [1.82, 2.24) is 25.3 Å². The number of aromatic nitrogens is 4. The lowest BCUT2D eigenvalue weighted by Gasteiger charge is -2.28. The van der Waals surface area contributed by atoms with Crippen molar-refractivity contribution in [3.63, 3.8) is 0 Å². The monoisotopic (exact) mass is 522 g/mol. The van der Waals surface area contributed by atoms with Crippen molar-refractivity contribution < 1.29 is 23.5 Å². The van der Waals surface area contributed by atoms with Crippen LogP contribution in [0.4, 0.5) is 14.9 Å². The molecule has 0 unspecified atom stereocenters. The Morgan fingerprint density at radius 2 is 1.83 bits per heavy atom. The Balaban J connectivity index is 1.55. The third-order valence-corrected chi connectivity index (χ3v) is 6.60. The van der Waals surface area contributed by atoms with Crippen LogP contribution in [0.15, 0.2) is 12.3 Å². The van der Waals surface area contributed by atoms with Crippen molar-refractivity contribution in [3.05, 3.63) is 28.9 Å². The Labute approximate surface area is 214 Å². The molecular formula is C24H32ClFN6O4. The zero-order valence-electron chi connectivity index (χ0n) is 21.0. The second-order valence-electron chi connectivity index (χ2n) is 10.5. The molecule has 10 nitrogen and oxygen atoms in total. The van der Waals surface area contributed by atoms with Gasteiger partial charge in [-0.15, -0.1) is 15.3 Å². The van der Waals surface area contributed by atoms with Crippen LogP contribution in [-0.4, -0.2) is 50.7 Å². The van der Waals surface area contributed by atoms with E-state index in [4.69, 9.17) is 21.1 Å². The molecule has 0 bridgehead atoms. The number of nitrogens with zero attached hydrogens (tertiary/aromatic N) is 4. The average molecular weight is 523 g/mol. The molecular weight excluding hydrogens is 491 g/mol. The fourth-order valence-corrected chi connectivity index (χ4v) is 4.65. The summed E-state index contributed by atoms with van der Waals surface area (Å²) in [5, 5.41) is 17.1. The van der Waals surface area contributed by atoms with E-state index < -0.39 is 35.6 Å². The van der Waals surface area contributed by atoms with Gasteiger partial charge in [-0.1, -0.05) is 11.6 Å². The summed E-state index contributed by atoms with van der Waals surface area (Å²) in [6, 6.07) is 0.199. The molecule has 0 spiro atoms. The summed E-state index contributed by atoms with van der Waals surface area (Å²) in [7, 11) is 1.44. The van der Waals surface area contributed by atoms with Gasteiger partial charge in [0.2, 0.25) is 11.8 Å². The Morgan fingerprint density at radius 3 is 2.39 bits per heavy atom. The summed E-state index contributed by atoms with van der Waals surface area (Å²) in [6.45, 7) is 7.03. The second-order valence-corrected chi connectivity index (χ2v) is 10.9. The van der Waals surface area contributed by atoms with E-state index in [9.17, 15) is 14.0 Å². The first-order valence-corrected chi connectivity index (χ1v) is 12.5. The van der Waals surface area contributed by atoms with Gasteiger partial charge in [-0.05, 0) is 77.2 Å². The van der Waals surface area contributed by atoms with E-state index >= 15 is 0 Å². The molecule has 2 saturated carbocycles. The number of methoxy groups -OCH3 is 1. The van der Waals surface area contributed by atoms with Gasteiger partial charge in [0.15, 0.2) is 5.15 Å². The van der Waals surface area contributed by atoms with Gasteiger partial charge >= 0.3 is 6.09 Å². The minimum atomic E-state index is -0.854. The molecule has 2 aromatic rings. The maximum atomic E-state index is 14.9. The molecule has 2 heterocycles. The van der Waals surface area contributed by atoms with Gasteiger partial charge in [-0.2, -0.15) is 4.39 Å². The Kier molecular flexibility index (Phi) is 7.40. The number of alkyl carbamates (subject to hydrolysis) is 1. The lowest BCUT2D eigenvalue weighted by Crippen LogP contribution is -2.51. The summed E-state index contributed by atoms with van der Waals surface area (Å²) in [4.78, 5) is 26.0. The molecule has 36 heavy (non-hydrogen) atoms. The SMILES string of the molecule is COc1nnc(Cl)cc1[C@H](C)n1cc(NC(=O)[C@@H](NC(=O)OC(C)(C)C)C(C2CC2)C2CC2)c(F)n1. The molecule has 12 heteroatoms. The lowest BCUT2D eigenvalue weighted by molar-refractivity contribution is -0.120. The zero-order valence-corrected chi connectivity index (χ0v) is 21.8. The number of amides is 2. The largest absolute Gasteiger partial charge is 0.480 e. The van der Waals surface area contributed by atoms with Crippen LogP contribution in [0.3, 0.4) is 0 Å². The van der Waals surface area contributed by atoms with Gasteiger partial charge in [0.25, 0.3) is 5.95 Å². The van der Waals surface area contributed by atoms with Crippen LogP contribution in [0.5, 0.6) is 5.88 Å². The van der Waals surface area contributed by atoms with Crippen molar-refractivity contribution in [2.75, 3.05) is 12.4 Å². The van der Waals surface area contributed by atoms with Crippen LogP contribution in [0.2, 0.25) is 5.15 Å². The number of anilines is 1. The molecule has 2 atom stereocenters. The average Bonchev–Trinajstić information content (AvgIpc) is 3.72. The van der Waals surface area contributed by atoms with E-state index in [1.807, 2.05) is 0 Å². The number of hydrogen-bond donors (Lipinski definition) is 2. The second kappa shape index (κ2) is 10.2. The van der Waals surface area contributed by atoms with E-state index in [0.29, 0.717) is 17.4 Å². The summed E-state index contributed by atoms with van der Waals surface area (Å²) in [5.41, 5.74) is -0.264. The van der Waals surface area contributed by atoms with Gasteiger partial charge in [0, 0.05) is 5.56 Å². The van der Waals surface area contributed by atoms with Gasteiger partial charge < -0.3 is 20.1 Å². The lowest BCUT2D eigenvalue weighted by atomic mass is 9.88. The number of carbonyl (C=O) groups excluding carboxylic acids is 2. The van der Waals surface area contributed by atoms with E-state index in [1.165, 1.54) is 18.0 Å². The molecule has 2 aromatic heterocycles. The highest BCUT2D eigenvalue weighted by atomic mass is 35.5. The van der Waals surface area contributed by atoms with Crippen LogP contribution < -0.4 is 15.4 Å². The van der Waals surface area contributed by atoms with Crippen LogP contribution in [0, 0.1) is 23.7 Å². The van der Waals surface area contributed by atoms with E-state index in [1.54, 1.807) is 33.8 Å². The Hall–Kier alpha value is -2.95. The maximum Gasteiger partial charge on any atom is 0.408 e. The molecule has 4 rings (SSSR count). The Morgan fingerprint density at radius 1 is 1.19 bits per heavy atom. The standard InChI is InChI=1S/C24H32ClFN6O4/c1-12(15-10-17(25)29-30-22(15)35-5)32-11-16(20(26)31-32)27-21(33)19(28-23(34)36-24(2,3)4)18(13-6-7-13)14-8-9-14/h10-14,18-19H,6-9H2,1-5H3,(H,27,33)(H,28,34)/t12-,19-/m0/s1. The summed E-state index contributed by atoms with van der Waals surface area (Å²) < 4.78 is 26.8. The molecule has 0 radical (unpaired) electrons. The third-order valence-electron chi connectivity index (χ3n) is 6.42. The molecule has 2 aliphatic rings. The third kappa shape index (κ3) is 6.24. The Bertz CT molecular complexity index is 1120. The first-order chi connectivity index (χ1) is 17.0. The number of hydrogen-bond acceptors (Lipinski definition) is 7. The topological polar surface area (TPSA) is 120 Å². The van der Waals surface area contributed by atoms with Crippen LogP contribution >= 0.6 is 11.6 Å². The highest BCUT2D eigenvalue weighted by Crippen LogP contribution is 2.51. The van der Waals surface area contributed by atoms with Gasteiger partial charge in [0.1, 0.15) is 17.3 Å². The number of rotatable bonds is 9. The highest BCUT2D eigenvalue weighted by molar-refractivity contribution is 6.29. The number of ether oxygens (including phenoxy) is 2. The highest BCUT2D eigenvalue weighted by Gasteiger charge is 2.48. The molecule has 2 aliphatic carbocycles. The van der Waals surface area contributed by atoms with Crippen LogP contribution in [-0.2, 0) is 9.53 Å². The predicted molar refractivity (Wildman–Crippen MR) is 130 cm³/mol. The van der Waals surface area contributed by atoms with Gasteiger partial charge in [0.05, 0.1) is 19.3 Å². The van der Waals surface area contributed by atoms with Gasteiger partial charge in [-0.25, -0.2) is 4.79 Å². The summed E-state index contributed by atoms with van der Waals surface area (Å²) in [5.74, 6) is -0.440. The minimum absolute atomic E-state index is 0.0242. The maximum absolute atomic E-state index is 14.9. The van der Waals surface area contributed by atoms with E-state index in [2.05, 4.69) is 25.9 Å². The van der Waals surface area contributed by atoms with E-state index in [-0.39, 0.29) is 22.6 Å². The zero-order chi connectivity index (χ0) is 26.2. The summed E-state index contributed by atoms with van der Waals surface area (Å²) in [6.07, 6.45) is 4.75.